The first-order chi connectivity index (χ1) is 16.8. The number of pyridine rings is 1. The Hall–Kier alpha value is -4.42. The van der Waals surface area contributed by atoms with Gasteiger partial charge in [-0.25, -0.2) is 0 Å². The molecule has 0 spiro atoms. The molecule has 6 nitrogen and oxygen atoms in total. The van der Waals surface area contributed by atoms with Gasteiger partial charge in [0.1, 0.15) is 12.4 Å². The van der Waals surface area contributed by atoms with Crippen LogP contribution in [-0.4, -0.2) is 25.3 Å². The second kappa shape index (κ2) is 10.0. The summed E-state index contributed by atoms with van der Waals surface area (Å²) in [5, 5.41) is 18.1. The highest BCUT2D eigenvalue weighted by Crippen LogP contribution is 2.24. The molecular weight excluding hydrogens is 424 g/mol. The Balaban J connectivity index is 1.30. The summed E-state index contributed by atoms with van der Waals surface area (Å²) in [6.07, 6.45) is 11.6. The minimum atomic E-state index is -0.0458. The van der Waals surface area contributed by atoms with E-state index in [1.165, 1.54) is 5.39 Å². The predicted molar refractivity (Wildman–Crippen MR) is 136 cm³/mol. The molecule has 168 valence electrons. The first-order valence-corrected chi connectivity index (χ1v) is 11.0. The Morgan fingerprint density at radius 1 is 0.912 bits per heavy atom. The number of aromatic amines is 2. The third-order valence-corrected chi connectivity index (χ3v) is 5.45. The summed E-state index contributed by atoms with van der Waals surface area (Å²) in [6, 6.07) is 21.7. The van der Waals surface area contributed by atoms with Crippen LogP contribution < -0.4 is 4.74 Å². The molecule has 0 saturated carbocycles. The fraction of sp³-hybridized carbons (Fsp3) is 0.0714. The van der Waals surface area contributed by atoms with E-state index in [2.05, 4.69) is 50.5 Å². The number of hydrogen-bond donors (Lipinski definition) is 3. The molecule has 3 aromatic heterocycles. The number of aliphatic hydroxyl groups is 1. The molecule has 0 aliphatic heterocycles. The van der Waals surface area contributed by atoms with E-state index in [-0.39, 0.29) is 6.61 Å². The minimum absolute atomic E-state index is 0.0458. The number of nitrogens with zero attached hydrogens (tertiary/aromatic N) is 2. The molecular formula is C28H24N4O2. The van der Waals surface area contributed by atoms with Gasteiger partial charge in [-0.2, -0.15) is 5.10 Å². The van der Waals surface area contributed by atoms with E-state index in [1.807, 2.05) is 66.9 Å². The third kappa shape index (κ3) is 5.14. The summed E-state index contributed by atoms with van der Waals surface area (Å²) in [5.74, 6) is 0.684. The average Bonchev–Trinajstić information content (AvgIpc) is 3.55. The number of H-pyrrole nitrogens is 2. The molecule has 0 saturated heterocycles. The molecule has 2 aromatic carbocycles. The van der Waals surface area contributed by atoms with E-state index < -0.39 is 0 Å². The van der Waals surface area contributed by atoms with Gasteiger partial charge in [-0.3, -0.25) is 10.1 Å². The Bertz CT molecular complexity index is 1450. The molecule has 0 unspecified atom stereocenters. The van der Waals surface area contributed by atoms with Gasteiger partial charge in [0.15, 0.2) is 0 Å². The van der Waals surface area contributed by atoms with E-state index in [4.69, 9.17) is 4.74 Å². The predicted octanol–water partition coefficient (Wildman–Crippen LogP) is 5.70. The van der Waals surface area contributed by atoms with Crippen LogP contribution in [0.3, 0.4) is 0 Å². The zero-order chi connectivity index (χ0) is 23.2. The number of fused-ring (bicyclic) bond motifs is 1. The standard InChI is InChI=1S/C28H24N4O2/c33-18-21-5-8-23(28(16-21)34-19-26-3-1-2-13-29-26)9-11-25-17-24(31-32-25)10-6-20-4-7-22-12-14-30-27(22)15-20/h1-17,30,33H,18-19H2,(H,31,32)/b10-6+,11-9+. The highest BCUT2D eigenvalue weighted by Gasteiger charge is 2.05. The lowest BCUT2D eigenvalue weighted by Gasteiger charge is -2.10. The van der Waals surface area contributed by atoms with Crippen molar-refractivity contribution in [1.29, 1.82) is 0 Å². The van der Waals surface area contributed by atoms with Crippen molar-refractivity contribution in [1.82, 2.24) is 20.2 Å². The highest BCUT2D eigenvalue weighted by atomic mass is 16.5. The number of benzene rings is 2. The van der Waals surface area contributed by atoms with Gasteiger partial charge in [-0.05, 0) is 71.1 Å². The molecule has 0 fully saturated rings. The lowest BCUT2D eigenvalue weighted by atomic mass is 10.1. The van der Waals surface area contributed by atoms with Gasteiger partial charge in [-0.15, -0.1) is 0 Å². The van der Waals surface area contributed by atoms with Crippen LogP contribution in [0.25, 0.3) is 35.2 Å². The summed E-state index contributed by atoms with van der Waals surface area (Å²) in [6.45, 7) is 0.304. The van der Waals surface area contributed by atoms with Gasteiger partial charge >= 0.3 is 0 Å². The van der Waals surface area contributed by atoms with Crippen molar-refractivity contribution >= 4 is 35.2 Å². The number of aliphatic hydroxyl groups excluding tert-OH is 1. The Labute approximate surface area is 197 Å². The minimum Gasteiger partial charge on any atom is -0.487 e. The van der Waals surface area contributed by atoms with Crippen molar-refractivity contribution in [3.8, 4) is 5.75 Å². The van der Waals surface area contributed by atoms with E-state index in [0.29, 0.717) is 12.4 Å². The van der Waals surface area contributed by atoms with Crippen LogP contribution >= 0.6 is 0 Å². The maximum absolute atomic E-state index is 9.51. The van der Waals surface area contributed by atoms with Crippen molar-refractivity contribution in [3.63, 3.8) is 0 Å². The summed E-state index contributed by atoms with van der Waals surface area (Å²) in [4.78, 5) is 7.53. The van der Waals surface area contributed by atoms with Gasteiger partial charge in [0.25, 0.3) is 0 Å². The second-order valence-electron chi connectivity index (χ2n) is 7.88. The zero-order valence-electron chi connectivity index (χ0n) is 18.5. The summed E-state index contributed by atoms with van der Waals surface area (Å²) in [5.41, 5.74) is 6.47. The molecule has 5 rings (SSSR count). The summed E-state index contributed by atoms with van der Waals surface area (Å²) in [7, 11) is 0. The zero-order valence-corrected chi connectivity index (χ0v) is 18.5. The Morgan fingerprint density at radius 3 is 2.76 bits per heavy atom. The van der Waals surface area contributed by atoms with Crippen LogP contribution in [0.15, 0.2) is 79.1 Å². The number of hydrogen-bond acceptors (Lipinski definition) is 4. The number of nitrogens with one attached hydrogen (secondary N) is 2. The van der Waals surface area contributed by atoms with Gasteiger partial charge in [-0.1, -0.05) is 36.4 Å². The van der Waals surface area contributed by atoms with Gasteiger partial charge in [0.2, 0.25) is 0 Å². The van der Waals surface area contributed by atoms with Gasteiger partial charge in [0.05, 0.1) is 23.7 Å². The number of rotatable bonds is 8. The molecule has 5 aromatic rings. The van der Waals surface area contributed by atoms with Crippen molar-refractivity contribution in [2.24, 2.45) is 0 Å². The maximum atomic E-state index is 9.51. The van der Waals surface area contributed by atoms with Crippen LogP contribution in [0.4, 0.5) is 0 Å². The van der Waals surface area contributed by atoms with Crippen LogP contribution in [0.1, 0.15) is 33.8 Å². The van der Waals surface area contributed by atoms with Crippen LogP contribution in [0.2, 0.25) is 0 Å². The van der Waals surface area contributed by atoms with Crippen LogP contribution in [0.5, 0.6) is 5.75 Å². The van der Waals surface area contributed by atoms with Gasteiger partial charge < -0.3 is 14.8 Å². The highest BCUT2D eigenvalue weighted by molar-refractivity contribution is 5.83. The fourth-order valence-electron chi connectivity index (χ4n) is 3.63. The molecule has 0 aliphatic carbocycles. The fourth-order valence-corrected chi connectivity index (χ4v) is 3.63. The number of ether oxygens (including phenoxy) is 1. The topological polar surface area (TPSA) is 86.8 Å². The second-order valence-corrected chi connectivity index (χ2v) is 7.88. The SMILES string of the molecule is OCc1ccc(/C=C/c2cc(/C=C/c3ccc4cc[nH]c4c3)[nH]n2)c(OCc2ccccn2)c1. The normalized spacial score (nSPS) is 11.7. The lowest BCUT2D eigenvalue weighted by molar-refractivity contribution is 0.277. The van der Waals surface area contributed by atoms with Crippen LogP contribution in [0, 0.1) is 0 Å². The molecule has 0 atom stereocenters. The molecule has 0 amide bonds. The van der Waals surface area contributed by atoms with Crippen molar-refractivity contribution in [2.75, 3.05) is 0 Å². The van der Waals surface area contributed by atoms with E-state index >= 15 is 0 Å². The molecule has 0 radical (unpaired) electrons. The summed E-state index contributed by atoms with van der Waals surface area (Å²) >= 11 is 0. The molecule has 3 N–H and O–H groups in total. The third-order valence-electron chi connectivity index (χ3n) is 5.45. The maximum Gasteiger partial charge on any atom is 0.130 e. The van der Waals surface area contributed by atoms with Crippen molar-refractivity contribution < 1.29 is 9.84 Å². The molecule has 0 aliphatic rings. The van der Waals surface area contributed by atoms with Crippen molar-refractivity contribution in [2.45, 2.75) is 13.2 Å². The molecule has 0 bridgehead atoms. The smallest absolute Gasteiger partial charge is 0.130 e. The molecule has 3 heterocycles. The van der Waals surface area contributed by atoms with E-state index in [1.54, 1.807) is 6.20 Å². The number of aromatic nitrogens is 4. The van der Waals surface area contributed by atoms with E-state index in [0.717, 1.165) is 39.3 Å². The average molecular weight is 449 g/mol. The quantitative estimate of drug-likeness (QED) is 0.284. The molecule has 6 heteroatoms. The van der Waals surface area contributed by atoms with E-state index in [9.17, 15) is 5.11 Å². The first-order valence-electron chi connectivity index (χ1n) is 11.0. The Morgan fingerprint density at radius 2 is 1.88 bits per heavy atom. The lowest BCUT2D eigenvalue weighted by Crippen LogP contribution is -1.99. The molecule has 34 heavy (non-hydrogen) atoms. The Kier molecular flexibility index (Phi) is 6.31. The van der Waals surface area contributed by atoms with Gasteiger partial charge in [0, 0.05) is 23.5 Å². The first kappa shape index (κ1) is 21.4. The largest absolute Gasteiger partial charge is 0.487 e. The van der Waals surface area contributed by atoms with Crippen LogP contribution in [-0.2, 0) is 13.2 Å². The summed E-state index contributed by atoms with van der Waals surface area (Å²) < 4.78 is 6.00. The van der Waals surface area contributed by atoms with Crippen molar-refractivity contribution in [3.05, 3.63) is 113 Å². The monoisotopic (exact) mass is 448 g/mol.